The van der Waals surface area contributed by atoms with Crippen molar-refractivity contribution in [2.24, 2.45) is 0 Å². The molecule has 0 aromatic heterocycles. The zero-order valence-corrected chi connectivity index (χ0v) is 13.0. The normalized spacial score (nSPS) is 17.7. The Morgan fingerprint density at radius 2 is 1.29 bits per heavy atom. The predicted molar refractivity (Wildman–Crippen MR) is 71.3 cm³/mol. The van der Waals surface area contributed by atoms with Gasteiger partial charge in [-0.05, 0) is 32.6 Å². The maximum absolute atomic E-state index is 8.68. The maximum Gasteiger partial charge on any atom is 2.00 e. The van der Waals surface area contributed by atoms with E-state index in [-0.39, 0.29) is 34.1 Å². The van der Waals surface area contributed by atoms with Crippen LogP contribution in [0.3, 0.4) is 0 Å². The summed E-state index contributed by atoms with van der Waals surface area (Å²) >= 11 is 0. The summed E-state index contributed by atoms with van der Waals surface area (Å²) in [6.45, 7) is 7.94. The number of rotatable bonds is 0. The molecule has 6 heteroatoms. The van der Waals surface area contributed by atoms with Gasteiger partial charge in [-0.2, -0.15) is 6.92 Å². The van der Waals surface area contributed by atoms with E-state index >= 15 is 0 Å². The molecule has 1 aliphatic heterocycles. The summed E-state index contributed by atoms with van der Waals surface area (Å²) < 4.78 is 0. The standard InChI is InChI=1S/C9H20N3.C2H3O.ClH.Ti/c1-4-10-6-2-8-12-9-3-7-11-5-1;1-2-3;;/h10-11H,1-9H2;1H3;1H;/q2*-1;;+2. The quantitative estimate of drug-likeness (QED) is 0.523. The number of nitrogens with zero attached hydrogens (tertiary/aromatic N) is 1. The van der Waals surface area contributed by atoms with Crippen molar-refractivity contribution in [2.45, 2.75) is 26.2 Å². The van der Waals surface area contributed by atoms with E-state index < -0.39 is 0 Å². The monoisotopic (exact) mass is 297 g/mol. The van der Waals surface area contributed by atoms with Gasteiger partial charge in [0, 0.05) is 0 Å². The van der Waals surface area contributed by atoms with E-state index in [9.17, 15) is 0 Å². The van der Waals surface area contributed by atoms with Crippen LogP contribution in [-0.2, 0) is 26.5 Å². The maximum atomic E-state index is 8.68. The number of hydrogen-bond donors (Lipinski definition) is 2. The van der Waals surface area contributed by atoms with Crippen LogP contribution in [0.4, 0.5) is 0 Å². The summed E-state index contributed by atoms with van der Waals surface area (Å²) in [6.07, 6.45) is 5.15. The van der Waals surface area contributed by atoms with Crippen LogP contribution in [0.5, 0.6) is 0 Å². The first kappa shape index (κ1) is 22.7. The van der Waals surface area contributed by atoms with Crippen LogP contribution in [0.15, 0.2) is 0 Å². The van der Waals surface area contributed by atoms with E-state index in [2.05, 4.69) is 16.0 Å². The van der Waals surface area contributed by atoms with Crippen molar-refractivity contribution in [3.05, 3.63) is 5.32 Å². The molecule has 0 aromatic rings. The number of nitrogens with one attached hydrogen (secondary N) is 2. The molecule has 0 aromatic carbocycles. The topological polar surface area (TPSA) is 55.2 Å². The van der Waals surface area contributed by atoms with Crippen LogP contribution in [0.2, 0.25) is 0 Å². The van der Waals surface area contributed by atoms with Crippen molar-refractivity contribution in [1.82, 2.24) is 10.6 Å². The molecule has 1 rings (SSSR count). The molecule has 0 radical (unpaired) electrons. The SMILES string of the molecule is C1C[N-]CCCNCCCNC1.C[C-]=O.Cl.[Ti+2]. The van der Waals surface area contributed by atoms with Crippen LogP contribution in [0.1, 0.15) is 26.2 Å². The smallest absolute Gasteiger partial charge is 0.662 e. The molecular weight excluding hydrogens is 273 g/mol. The molecule has 1 heterocycles. The molecule has 0 amide bonds. The van der Waals surface area contributed by atoms with Crippen molar-refractivity contribution in [3.8, 4) is 0 Å². The minimum Gasteiger partial charge on any atom is -0.662 e. The first-order valence-electron chi connectivity index (χ1n) is 5.75. The molecule has 0 saturated carbocycles. The fraction of sp³-hybridized carbons (Fsp3) is 0.909. The molecule has 0 unspecified atom stereocenters. The summed E-state index contributed by atoms with van der Waals surface area (Å²) in [6, 6.07) is 0. The van der Waals surface area contributed by atoms with Gasteiger partial charge >= 0.3 is 21.7 Å². The van der Waals surface area contributed by atoms with E-state index in [1.54, 1.807) is 0 Å². The zero-order valence-electron chi connectivity index (χ0n) is 10.6. The van der Waals surface area contributed by atoms with Gasteiger partial charge in [-0.3, -0.25) is 6.29 Å². The minimum atomic E-state index is 0. The van der Waals surface area contributed by atoms with Crippen molar-refractivity contribution in [2.75, 3.05) is 39.3 Å². The Kier molecular flexibility index (Phi) is 29.1. The molecule has 1 aliphatic rings. The van der Waals surface area contributed by atoms with Crippen LogP contribution >= 0.6 is 12.4 Å². The summed E-state index contributed by atoms with van der Waals surface area (Å²) in [4.78, 5) is 8.68. The van der Waals surface area contributed by atoms with Gasteiger partial charge in [0.05, 0.1) is 0 Å². The predicted octanol–water partition coefficient (Wildman–Crippen LogP) is 1.26. The number of halogens is 1. The fourth-order valence-corrected chi connectivity index (χ4v) is 1.33. The van der Waals surface area contributed by atoms with Crippen molar-refractivity contribution < 1.29 is 26.5 Å². The second-order valence-electron chi connectivity index (χ2n) is 3.44. The van der Waals surface area contributed by atoms with Gasteiger partial charge in [-0.15, -0.1) is 25.5 Å². The average Bonchev–Trinajstić information content (AvgIpc) is 2.19. The molecule has 4 nitrogen and oxygen atoms in total. The fourth-order valence-electron chi connectivity index (χ4n) is 1.33. The number of hydrogen-bond acceptors (Lipinski definition) is 3. The summed E-state index contributed by atoms with van der Waals surface area (Å²) in [5.74, 6) is 0. The molecule has 0 spiro atoms. The van der Waals surface area contributed by atoms with Crippen LogP contribution in [-0.4, -0.2) is 45.6 Å². The second kappa shape index (κ2) is 21.8. The summed E-state index contributed by atoms with van der Waals surface area (Å²) in [7, 11) is 0. The molecule has 1 fully saturated rings. The van der Waals surface area contributed by atoms with Crippen LogP contribution < -0.4 is 10.6 Å². The Bertz CT molecular complexity index is 98.9. The molecule has 100 valence electrons. The Hall–Kier alpha value is 0.554. The molecule has 0 atom stereocenters. The van der Waals surface area contributed by atoms with E-state index in [4.69, 9.17) is 4.79 Å². The minimum absolute atomic E-state index is 0. The van der Waals surface area contributed by atoms with Crippen molar-refractivity contribution in [1.29, 1.82) is 0 Å². The van der Waals surface area contributed by atoms with Gasteiger partial charge < -0.3 is 20.7 Å². The third kappa shape index (κ3) is 22.2. The van der Waals surface area contributed by atoms with Crippen molar-refractivity contribution >= 4 is 18.7 Å². The first-order valence-corrected chi connectivity index (χ1v) is 5.75. The molecule has 1 saturated heterocycles. The molecule has 0 bridgehead atoms. The molecule has 0 aliphatic carbocycles. The third-order valence-corrected chi connectivity index (χ3v) is 2.05. The third-order valence-electron chi connectivity index (χ3n) is 2.05. The summed E-state index contributed by atoms with van der Waals surface area (Å²) in [5, 5.41) is 11.2. The van der Waals surface area contributed by atoms with Gasteiger partial charge in [0.2, 0.25) is 0 Å². The Balaban J connectivity index is -0.000000356. The van der Waals surface area contributed by atoms with Gasteiger partial charge in [0.25, 0.3) is 0 Å². The van der Waals surface area contributed by atoms with Crippen molar-refractivity contribution in [3.63, 3.8) is 0 Å². The van der Waals surface area contributed by atoms with E-state index in [0.717, 1.165) is 39.3 Å². The first-order chi connectivity index (χ1) is 7.41. The Morgan fingerprint density at radius 1 is 0.941 bits per heavy atom. The van der Waals surface area contributed by atoms with E-state index in [1.165, 1.54) is 32.5 Å². The number of carbonyl (C=O) groups excluding carboxylic acids is 1. The van der Waals surface area contributed by atoms with E-state index in [1.807, 2.05) is 0 Å². The van der Waals surface area contributed by atoms with E-state index in [0.29, 0.717) is 0 Å². The second-order valence-corrected chi connectivity index (χ2v) is 3.44. The van der Waals surface area contributed by atoms with Crippen LogP contribution in [0.25, 0.3) is 5.32 Å². The van der Waals surface area contributed by atoms with Gasteiger partial charge in [0.1, 0.15) is 0 Å². The van der Waals surface area contributed by atoms with Gasteiger partial charge in [-0.25, -0.2) is 0 Å². The van der Waals surface area contributed by atoms with Gasteiger partial charge in [0.15, 0.2) is 0 Å². The zero-order chi connectivity index (χ0) is 11.2. The van der Waals surface area contributed by atoms with Gasteiger partial charge in [-0.1, -0.05) is 12.8 Å². The Morgan fingerprint density at radius 3 is 1.71 bits per heavy atom. The van der Waals surface area contributed by atoms with Crippen LogP contribution in [0, 0.1) is 0 Å². The average molecular weight is 298 g/mol. The molecular formula is C11H24ClN3OTi. The molecule has 2 N–H and O–H groups in total. The largest absolute Gasteiger partial charge is 2.00 e. The Labute approximate surface area is 126 Å². The molecule has 17 heavy (non-hydrogen) atoms. The summed E-state index contributed by atoms with van der Waals surface area (Å²) in [5.41, 5.74) is 0.